The van der Waals surface area contributed by atoms with Gasteiger partial charge in [-0.3, -0.25) is 14.8 Å². The van der Waals surface area contributed by atoms with Gasteiger partial charge in [0.2, 0.25) is 5.95 Å². The van der Waals surface area contributed by atoms with Gasteiger partial charge in [0.05, 0.1) is 23.7 Å². The number of aromatic nitrogens is 6. The summed E-state index contributed by atoms with van der Waals surface area (Å²) in [4.78, 5) is 21.2. The second-order valence-electron chi connectivity index (χ2n) is 6.16. The van der Waals surface area contributed by atoms with Crippen LogP contribution in [0.15, 0.2) is 42.9 Å². The Hall–Kier alpha value is -3.62. The van der Waals surface area contributed by atoms with Gasteiger partial charge in [-0.15, -0.1) is 5.10 Å². The Balaban J connectivity index is 1.54. The van der Waals surface area contributed by atoms with Crippen molar-refractivity contribution in [1.82, 2.24) is 29.5 Å². The monoisotopic (exact) mass is 365 g/mol. The van der Waals surface area contributed by atoms with Crippen LogP contribution < -0.4 is 5.32 Å². The first kappa shape index (κ1) is 16.8. The fourth-order valence-corrected chi connectivity index (χ4v) is 2.80. The third-order valence-corrected chi connectivity index (χ3v) is 4.10. The molecule has 1 aromatic carbocycles. The number of nitrogens with one attached hydrogen (secondary N) is 1. The average Bonchev–Trinajstić information content (AvgIpc) is 3.23. The third-order valence-electron chi connectivity index (χ3n) is 4.10. The highest BCUT2D eigenvalue weighted by atomic mass is 19.1. The van der Waals surface area contributed by atoms with Crippen molar-refractivity contribution < 1.29 is 9.18 Å². The number of hydrogen-bond donors (Lipinski definition) is 1. The summed E-state index contributed by atoms with van der Waals surface area (Å²) in [6, 6.07) is 7.83. The molecule has 1 N–H and O–H groups in total. The van der Waals surface area contributed by atoms with Gasteiger partial charge < -0.3 is 0 Å². The van der Waals surface area contributed by atoms with Crippen molar-refractivity contribution in [2.24, 2.45) is 7.05 Å². The van der Waals surface area contributed by atoms with E-state index in [1.165, 1.54) is 18.5 Å². The minimum atomic E-state index is -0.335. The lowest BCUT2D eigenvalue weighted by Crippen LogP contribution is -2.14. The van der Waals surface area contributed by atoms with Crippen LogP contribution in [-0.4, -0.2) is 35.4 Å². The van der Waals surface area contributed by atoms with Crippen molar-refractivity contribution in [3.05, 3.63) is 65.5 Å². The number of hydrogen-bond acceptors (Lipinski definition) is 5. The van der Waals surface area contributed by atoms with Gasteiger partial charge in [0, 0.05) is 12.7 Å². The number of rotatable bonds is 4. The summed E-state index contributed by atoms with van der Waals surface area (Å²) < 4.78 is 16.2. The maximum atomic E-state index is 13.0. The van der Waals surface area contributed by atoms with Crippen LogP contribution in [0.4, 0.5) is 10.3 Å². The van der Waals surface area contributed by atoms with Crippen LogP contribution in [0, 0.1) is 12.7 Å². The second kappa shape index (κ2) is 6.60. The van der Waals surface area contributed by atoms with E-state index in [2.05, 4.69) is 25.5 Å². The molecule has 3 heterocycles. The molecule has 0 aliphatic carbocycles. The van der Waals surface area contributed by atoms with Crippen molar-refractivity contribution in [2.45, 2.75) is 13.5 Å². The number of fused-ring (bicyclic) bond motifs is 1. The summed E-state index contributed by atoms with van der Waals surface area (Å²) >= 11 is 0. The molecule has 8 nitrogen and oxygen atoms in total. The lowest BCUT2D eigenvalue weighted by atomic mass is 10.1. The SMILES string of the molecule is Cc1cc(C(=O)Nc2ncn(Cc3ccc(F)cc3)n2)c2cnn(C)c2n1. The number of anilines is 1. The summed E-state index contributed by atoms with van der Waals surface area (Å²) in [6.45, 7) is 2.24. The second-order valence-corrected chi connectivity index (χ2v) is 6.16. The number of carbonyl (C=O) groups is 1. The topological polar surface area (TPSA) is 90.5 Å². The van der Waals surface area contributed by atoms with Crippen LogP contribution in [0.25, 0.3) is 11.0 Å². The summed E-state index contributed by atoms with van der Waals surface area (Å²) in [5, 5.41) is 11.8. The molecule has 136 valence electrons. The van der Waals surface area contributed by atoms with E-state index in [9.17, 15) is 9.18 Å². The molecule has 0 aliphatic rings. The fraction of sp³-hybridized carbons (Fsp3) is 0.167. The van der Waals surface area contributed by atoms with E-state index in [1.54, 1.807) is 40.8 Å². The van der Waals surface area contributed by atoms with E-state index in [1.807, 2.05) is 6.92 Å². The molecule has 1 amide bonds. The van der Waals surface area contributed by atoms with Crippen LogP contribution in [0.2, 0.25) is 0 Å². The molecule has 27 heavy (non-hydrogen) atoms. The quantitative estimate of drug-likeness (QED) is 0.599. The molecule has 0 fully saturated rings. The molecule has 4 rings (SSSR count). The number of aryl methyl sites for hydroxylation is 2. The molecule has 0 saturated heterocycles. The van der Waals surface area contributed by atoms with E-state index < -0.39 is 0 Å². The van der Waals surface area contributed by atoms with E-state index in [-0.39, 0.29) is 17.7 Å². The van der Waals surface area contributed by atoms with Crippen molar-refractivity contribution in [1.29, 1.82) is 0 Å². The number of carbonyl (C=O) groups excluding carboxylic acids is 1. The number of halogens is 1. The Morgan fingerprint density at radius 2 is 2.04 bits per heavy atom. The number of pyridine rings is 1. The molecule has 3 aromatic heterocycles. The van der Waals surface area contributed by atoms with E-state index in [4.69, 9.17) is 0 Å². The van der Waals surface area contributed by atoms with Crippen molar-refractivity contribution >= 4 is 22.9 Å². The zero-order chi connectivity index (χ0) is 19.0. The van der Waals surface area contributed by atoms with Crippen LogP contribution in [0.3, 0.4) is 0 Å². The molecule has 0 atom stereocenters. The van der Waals surface area contributed by atoms with E-state index in [0.29, 0.717) is 28.8 Å². The van der Waals surface area contributed by atoms with Crippen LogP contribution in [-0.2, 0) is 13.6 Å². The predicted octanol–water partition coefficient (Wildman–Crippen LogP) is 2.31. The fourth-order valence-electron chi connectivity index (χ4n) is 2.80. The number of amides is 1. The average molecular weight is 365 g/mol. The first-order chi connectivity index (χ1) is 13.0. The molecule has 0 saturated carbocycles. The summed E-state index contributed by atoms with van der Waals surface area (Å²) in [5.74, 6) is -0.439. The zero-order valence-electron chi connectivity index (χ0n) is 14.7. The van der Waals surface area contributed by atoms with Crippen LogP contribution in [0.5, 0.6) is 0 Å². The highest BCUT2D eigenvalue weighted by molar-refractivity contribution is 6.11. The molecule has 0 bridgehead atoms. The van der Waals surface area contributed by atoms with Crippen LogP contribution in [0.1, 0.15) is 21.6 Å². The summed E-state index contributed by atoms with van der Waals surface area (Å²) in [6.07, 6.45) is 3.12. The zero-order valence-corrected chi connectivity index (χ0v) is 14.7. The van der Waals surface area contributed by atoms with Gasteiger partial charge in [-0.25, -0.2) is 19.0 Å². The van der Waals surface area contributed by atoms with Crippen molar-refractivity contribution in [3.8, 4) is 0 Å². The smallest absolute Gasteiger partial charge is 0.258 e. The molecule has 0 aliphatic heterocycles. The largest absolute Gasteiger partial charge is 0.289 e. The van der Waals surface area contributed by atoms with E-state index >= 15 is 0 Å². The van der Waals surface area contributed by atoms with Crippen molar-refractivity contribution in [2.75, 3.05) is 5.32 Å². The number of nitrogens with zero attached hydrogens (tertiary/aromatic N) is 6. The predicted molar refractivity (Wildman–Crippen MR) is 96.7 cm³/mol. The van der Waals surface area contributed by atoms with E-state index in [0.717, 1.165) is 5.56 Å². The Kier molecular flexibility index (Phi) is 4.11. The van der Waals surface area contributed by atoms with Gasteiger partial charge in [0.1, 0.15) is 12.1 Å². The van der Waals surface area contributed by atoms with Gasteiger partial charge in [-0.2, -0.15) is 5.10 Å². The highest BCUT2D eigenvalue weighted by Gasteiger charge is 2.16. The first-order valence-corrected chi connectivity index (χ1v) is 8.24. The Bertz CT molecular complexity index is 1130. The van der Waals surface area contributed by atoms with Gasteiger partial charge in [-0.05, 0) is 30.7 Å². The lowest BCUT2D eigenvalue weighted by Gasteiger charge is -2.05. The van der Waals surface area contributed by atoms with Gasteiger partial charge in [0.25, 0.3) is 5.91 Å². The van der Waals surface area contributed by atoms with Gasteiger partial charge in [0.15, 0.2) is 5.65 Å². The molecule has 0 spiro atoms. The molecule has 0 radical (unpaired) electrons. The first-order valence-electron chi connectivity index (χ1n) is 8.24. The Morgan fingerprint density at radius 1 is 1.26 bits per heavy atom. The molecule has 4 aromatic rings. The molecule has 0 unspecified atom stereocenters. The summed E-state index contributed by atoms with van der Waals surface area (Å²) in [7, 11) is 1.77. The molecular formula is C18H16FN7O. The number of benzene rings is 1. The lowest BCUT2D eigenvalue weighted by molar-refractivity contribution is 0.102. The Labute approximate surface area is 153 Å². The normalized spacial score (nSPS) is 11.1. The standard InChI is InChI=1S/C18H16FN7O/c1-11-7-14(15-8-21-25(2)16(15)22-11)17(27)23-18-20-10-26(24-18)9-12-3-5-13(19)6-4-12/h3-8,10H,9H2,1-2H3,(H,23,24,27). The maximum absolute atomic E-state index is 13.0. The maximum Gasteiger partial charge on any atom is 0.258 e. The van der Waals surface area contributed by atoms with Gasteiger partial charge in [-0.1, -0.05) is 12.1 Å². The Morgan fingerprint density at radius 3 is 2.81 bits per heavy atom. The van der Waals surface area contributed by atoms with Crippen molar-refractivity contribution in [3.63, 3.8) is 0 Å². The summed E-state index contributed by atoms with van der Waals surface area (Å²) in [5.41, 5.74) is 2.68. The highest BCUT2D eigenvalue weighted by Crippen LogP contribution is 2.18. The van der Waals surface area contributed by atoms with Gasteiger partial charge >= 0.3 is 0 Å². The molecule has 9 heteroatoms. The third kappa shape index (κ3) is 3.39. The minimum Gasteiger partial charge on any atom is -0.289 e. The minimum absolute atomic E-state index is 0.189. The molecular weight excluding hydrogens is 349 g/mol. The van der Waals surface area contributed by atoms with Crippen LogP contribution >= 0.6 is 0 Å².